The SMILES string of the molecule is CC(C)(COC(=O)O)C(=O)c1nccnc1C(F)(F)F. The lowest BCUT2D eigenvalue weighted by Crippen LogP contribution is -2.33. The number of aromatic nitrogens is 2. The van der Waals surface area contributed by atoms with E-state index in [9.17, 15) is 22.8 Å². The number of carboxylic acid groups (broad SMARTS) is 1. The van der Waals surface area contributed by atoms with Crippen molar-refractivity contribution in [2.75, 3.05) is 6.61 Å². The number of nitrogens with zero attached hydrogens (tertiary/aromatic N) is 2. The van der Waals surface area contributed by atoms with E-state index in [1.54, 1.807) is 0 Å². The summed E-state index contributed by atoms with van der Waals surface area (Å²) in [6.45, 7) is 1.93. The van der Waals surface area contributed by atoms with Crippen molar-refractivity contribution in [3.63, 3.8) is 0 Å². The summed E-state index contributed by atoms with van der Waals surface area (Å²) in [5.41, 5.74) is -3.76. The van der Waals surface area contributed by atoms with E-state index in [2.05, 4.69) is 14.7 Å². The van der Waals surface area contributed by atoms with Crippen molar-refractivity contribution >= 4 is 11.9 Å². The van der Waals surface area contributed by atoms with Gasteiger partial charge in [-0.3, -0.25) is 4.79 Å². The predicted molar refractivity (Wildman–Crippen MR) is 59.1 cm³/mol. The smallest absolute Gasteiger partial charge is 0.450 e. The summed E-state index contributed by atoms with van der Waals surface area (Å²) in [6, 6.07) is 0. The molecule has 0 unspecified atom stereocenters. The molecule has 0 fully saturated rings. The minimum absolute atomic E-state index is 0.588. The summed E-state index contributed by atoms with van der Waals surface area (Å²) in [5, 5.41) is 8.37. The normalized spacial score (nSPS) is 12.1. The molecule has 1 aromatic rings. The Morgan fingerprint density at radius 1 is 1.25 bits per heavy atom. The molecule has 0 saturated carbocycles. The molecule has 9 heteroatoms. The van der Waals surface area contributed by atoms with Crippen molar-refractivity contribution in [2.45, 2.75) is 20.0 Å². The fourth-order valence-electron chi connectivity index (χ4n) is 1.34. The molecule has 6 nitrogen and oxygen atoms in total. The number of carbonyl (C=O) groups excluding carboxylic acids is 1. The molecule has 0 aliphatic heterocycles. The van der Waals surface area contributed by atoms with Crippen LogP contribution >= 0.6 is 0 Å². The Bertz CT molecular complexity index is 529. The number of alkyl halides is 3. The van der Waals surface area contributed by atoms with Gasteiger partial charge in [-0.15, -0.1) is 0 Å². The van der Waals surface area contributed by atoms with Gasteiger partial charge in [-0.05, 0) is 13.8 Å². The molecule has 0 radical (unpaired) electrons. The molecule has 1 N–H and O–H groups in total. The van der Waals surface area contributed by atoms with Gasteiger partial charge in [0.1, 0.15) is 12.3 Å². The quantitative estimate of drug-likeness (QED) is 0.677. The average Bonchev–Trinajstić information content (AvgIpc) is 2.34. The first-order valence-corrected chi connectivity index (χ1v) is 5.34. The highest BCUT2D eigenvalue weighted by Gasteiger charge is 2.42. The maximum absolute atomic E-state index is 12.7. The van der Waals surface area contributed by atoms with Gasteiger partial charge < -0.3 is 9.84 Å². The summed E-state index contributed by atoms with van der Waals surface area (Å²) < 4.78 is 42.4. The third-order valence-corrected chi connectivity index (χ3v) is 2.35. The molecule has 0 atom stereocenters. The van der Waals surface area contributed by atoms with Crippen LogP contribution in [0.25, 0.3) is 0 Å². The van der Waals surface area contributed by atoms with Crippen molar-refractivity contribution in [2.24, 2.45) is 5.41 Å². The van der Waals surface area contributed by atoms with Crippen LogP contribution in [0.3, 0.4) is 0 Å². The summed E-state index contributed by atoms with van der Waals surface area (Å²) in [6.07, 6.45) is -4.68. The molecule has 0 aliphatic rings. The second-order valence-corrected chi connectivity index (χ2v) is 4.52. The summed E-state index contributed by atoms with van der Waals surface area (Å²) in [5.74, 6) is -1.00. The van der Waals surface area contributed by atoms with Crippen LogP contribution in [0.2, 0.25) is 0 Å². The number of hydrogen-bond donors (Lipinski definition) is 1. The number of rotatable bonds is 4. The first-order valence-electron chi connectivity index (χ1n) is 5.34. The molecule has 0 amide bonds. The van der Waals surface area contributed by atoms with Gasteiger partial charge in [0.2, 0.25) is 0 Å². The fraction of sp³-hybridized carbons (Fsp3) is 0.455. The van der Waals surface area contributed by atoms with E-state index in [-0.39, 0.29) is 0 Å². The van der Waals surface area contributed by atoms with E-state index in [0.717, 1.165) is 12.4 Å². The Morgan fingerprint density at radius 2 is 1.80 bits per heavy atom. The van der Waals surface area contributed by atoms with E-state index in [1.807, 2.05) is 0 Å². The Kier molecular flexibility index (Phi) is 4.31. The third-order valence-electron chi connectivity index (χ3n) is 2.35. The maximum Gasteiger partial charge on any atom is 0.505 e. The summed E-state index contributed by atoms with van der Waals surface area (Å²) in [7, 11) is 0. The molecule has 0 aromatic carbocycles. The second kappa shape index (κ2) is 5.43. The predicted octanol–water partition coefficient (Wildman–Crippen LogP) is 2.40. The number of carbonyl (C=O) groups is 2. The number of hydrogen-bond acceptors (Lipinski definition) is 5. The van der Waals surface area contributed by atoms with Gasteiger partial charge in [-0.25, -0.2) is 14.8 Å². The third kappa shape index (κ3) is 3.65. The first-order chi connectivity index (χ1) is 9.05. The lowest BCUT2D eigenvalue weighted by Gasteiger charge is -2.22. The molecule has 1 aromatic heterocycles. The van der Waals surface area contributed by atoms with E-state index >= 15 is 0 Å². The maximum atomic E-state index is 12.7. The lowest BCUT2D eigenvalue weighted by atomic mass is 9.86. The summed E-state index contributed by atoms with van der Waals surface area (Å²) >= 11 is 0. The molecular formula is C11H11F3N2O4. The topological polar surface area (TPSA) is 89.4 Å². The van der Waals surface area contributed by atoms with Crippen LogP contribution in [0.15, 0.2) is 12.4 Å². The van der Waals surface area contributed by atoms with E-state index in [0.29, 0.717) is 0 Å². The fourth-order valence-corrected chi connectivity index (χ4v) is 1.34. The van der Waals surface area contributed by atoms with Gasteiger partial charge in [0.05, 0.1) is 5.41 Å². The zero-order chi connectivity index (χ0) is 15.6. The average molecular weight is 292 g/mol. The molecule has 1 rings (SSSR count). The van der Waals surface area contributed by atoms with E-state index < -0.39 is 41.5 Å². The zero-order valence-corrected chi connectivity index (χ0v) is 10.6. The van der Waals surface area contributed by atoms with Crippen LogP contribution in [-0.4, -0.2) is 33.6 Å². The van der Waals surface area contributed by atoms with Crippen molar-refractivity contribution < 1.29 is 32.6 Å². The van der Waals surface area contributed by atoms with Crippen LogP contribution < -0.4 is 0 Å². The van der Waals surface area contributed by atoms with Crippen LogP contribution in [-0.2, 0) is 10.9 Å². The van der Waals surface area contributed by atoms with Crippen molar-refractivity contribution in [3.05, 3.63) is 23.8 Å². The first kappa shape index (κ1) is 15.9. The van der Waals surface area contributed by atoms with Crippen molar-refractivity contribution in [3.8, 4) is 0 Å². The highest BCUT2D eigenvalue weighted by molar-refractivity contribution is 5.99. The Morgan fingerprint density at radius 3 is 2.30 bits per heavy atom. The largest absolute Gasteiger partial charge is 0.505 e. The Hall–Kier alpha value is -2.19. The van der Waals surface area contributed by atoms with Crippen LogP contribution in [0, 0.1) is 5.41 Å². The molecule has 110 valence electrons. The van der Waals surface area contributed by atoms with Gasteiger partial charge in [0.25, 0.3) is 0 Å². The lowest BCUT2D eigenvalue weighted by molar-refractivity contribution is -0.141. The molecular weight excluding hydrogens is 281 g/mol. The molecule has 0 saturated heterocycles. The minimum Gasteiger partial charge on any atom is -0.450 e. The number of Topliss-reactive ketones (excluding diaryl/α,β-unsaturated/α-hetero) is 1. The Balaban J connectivity index is 3.12. The van der Waals surface area contributed by atoms with Gasteiger partial charge in [-0.1, -0.05) is 0 Å². The van der Waals surface area contributed by atoms with Crippen molar-refractivity contribution in [1.82, 2.24) is 9.97 Å². The van der Waals surface area contributed by atoms with Crippen molar-refractivity contribution in [1.29, 1.82) is 0 Å². The van der Waals surface area contributed by atoms with E-state index in [4.69, 9.17) is 5.11 Å². The molecule has 0 spiro atoms. The summed E-state index contributed by atoms with van der Waals surface area (Å²) in [4.78, 5) is 28.9. The number of ketones is 1. The second-order valence-electron chi connectivity index (χ2n) is 4.52. The molecule has 20 heavy (non-hydrogen) atoms. The van der Waals surface area contributed by atoms with E-state index in [1.165, 1.54) is 13.8 Å². The standard InChI is InChI=1S/C11H11F3N2O4/c1-10(2,5-20-9(18)19)8(17)6-7(11(12,13)14)16-4-3-15-6/h3-4H,5H2,1-2H3,(H,18,19). The zero-order valence-electron chi connectivity index (χ0n) is 10.6. The van der Waals surface area contributed by atoms with Crippen LogP contribution in [0.5, 0.6) is 0 Å². The highest BCUT2D eigenvalue weighted by Crippen LogP contribution is 2.32. The number of ether oxygens (including phenoxy) is 1. The van der Waals surface area contributed by atoms with Gasteiger partial charge in [0, 0.05) is 12.4 Å². The van der Waals surface area contributed by atoms with Gasteiger partial charge >= 0.3 is 12.3 Å². The molecule has 1 heterocycles. The van der Waals surface area contributed by atoms with Crippen LogP contribution in [0.4, 0.5) is 18.0 Å². The van der Waals surface area contributed by atoms with Gasteiger partial charge in [0.15, 0.2) is 11.5 Å². The minimum atomic E-state index is -4.83. The highest BCUT2D eigenvalue weighted by atomic mass is 19.4. The Labute approximate surface area is 111 Å². The monoisotopic (exact) mass is 292 g/mol. The van der Waals surface area contributed by atoms with Crippen LogP contribution in [0.1, 0.15) is 30.0 Å². The van der Waals surface area contributed by atoms with Gasteiger partial charge in [-0.2, -0.15) is 13.2 Å². The number of halogens is 3. The molecule has 0 aliphatic carbocycles. The molecule has 0 bridgehead atoms.